The number of nitrogens with zero attached hydrogens (tertiary/aromatic N) is 2. The van der Waals surface area contributed by atoms with Gasteiger partial charge in [-0.05, 0) is 37.6 Å². The minimum atomic E-state index is 0.353. The van der Waals surface area contributed by atoms with Crippen LogP contribution in [0.25, 0.3) is 10.2 Å². The van der Waals surface area contributed by atoms with Crippen LogP contribution in [0.1, 0.15) is 26.2 Å². The molecule has 6 heteroatoms. The second kappa shape index (κ2) is 4.86. The molecular weight excluding hydrogens is 272 g/mol. The number of hydrogen-bond donors (Lipinski definition) is 2. The van der Waals surface area contributed by atoms with Crippen molar-refractivity contribution < 1.29 is 4.74 Å². The lowest BCUT2D eigenvalue weighted by Gasteiger charge is -2.21. The molecule has 0 amide bonds. The zero-order chi connectivity index (χ0) is 13.5. The summed E-state index contributed by atoms with van der Waals surface area (Å²) < 4.78 is 5.91. The van der Waals surface area contributed by atoms with Crippen molar-refractivity contribution >= 4 is 33.3 Å². The van der Waals surface area contributed by atoms with Crippen molar-refractivity contribution in [2.24, 2.45) is 0 Å². The maximum absolute atomic E-state index is 5.91. The van der Waals surface area contributed by atoms with Crippen LogP contribution in [0.5, 0.6) is 0 Å². The molecule has 2 bridgehead atoms. The van der Waals surface area contributed by atoms with Gasteiger partial charge < -0.3 is 15.4 Å². The van der Waals surface area contributed by atoms with Crippen LogP contribution < -0.4 is 10.6 Å². The number of anilines is 2. The summed E-state index contributed by atoms with van der Waals surface area (Å²) in [4.78, 5) is 10.2. The molecule has 2 aliphatic rings. The highest BCUT2D eigenvalue weighted by Gasteiger charge is 2.41. The Labute approximate surface area is 121 Å². The van der Waals surface area contributed by atoms with Gasteiger partial charge in [0.25, 0.3) is 0 Å². The molecule has 106 valence electrons. The predicted octanol–water partition coefficient (Wildman–Crippen LogP) is 2.85. The number of nitrogens with one attached hydrogen (secondary N) is 2. The van der Waals surface area contributed by atoms with E-state index in [2.05, 4.69) is 39.0 Å². The first-order valence-electron chi connectivity index (χ1n) is 7.24. The quantitative estimate of drug-likeness (QED) is 0.906. The van der Waals surface area contributed by atoms with Gasteiger partial charge in [-0.15, -0.1) is 11.3 Å². The Kier molecular flexibility index (Phi) is 3.00. The van der Waals surface area contributed by atoms with Gasteiger partial charge in [0.05, 0.1) is 23.6 Å². The number of rotatable bonds is 4. The van der Waals surface area contributed by atoms with E-state index in [4.69, 9.17) is 4.74 Å². The van der Waals surface area contributed by atoms with Crippen LogP contribution in [0.2, 0.25) is 0 Å². The average molecular weight is 290 g/mol. The third kappa shape index (κ3) is 2.03. The summed E-state index contributed by atoms with van der Waals surface area (Å²) in [5.74, 6) is 1.64. The molecule has 0 radical (unpaired) electrons. The summed E-state index contributed by atoms with van der Waals surface area (Å²) in [6, 6.07) is 2.48. The van der Waals surface area contributed by atoms with Gasteiger partial charge in [-0.1, -0.05) is 0 Å². The van der Waals surface area contributed by atoms with Gasteiger partial charge in [-0.3, -0.25) is 0 Å². The van der Waals surface area contributed by atoms with E-state index in [0.29, 0.717) is 24.2 Å². The Morgan fingerprint density at radius 3 is 3.10 bits per heavy atom. The van der Waals surface area contributed by atoms with Gasteiger partial charge in [0.2, 0.25) is 5.95 Å². The largest absolute Gasteiger partial charge is 0.373 e. The molecule has 2 fully saturated rings. The standard InChI is InChI=1S/C14H18N4OS/c1-2-15-14-17-12(9-5-6-20-13(9)18-14)16-10-7-8-3-4-11(10)19-8/h5-6,8,10-11H,2-4,7H2,1H3,(H2,15,16,17,18). The number of fused-ring (bicyclic) bond motifs is 3. The zero-order valence-electron chi connectivity index (χ0n) is 11.4. The molecule has 2 aromatic rings. The van der Waals surface area contributed by atoms with Crippen LogP contribution in [0.15, 0.2) is 11.4 Å². The molecule has 0 aromatic carbocycles. The van der Waals surface area contributed by atoms with Crippen molar-refractivity contribution in [1.29, 1.82) is 0 Å². The van der Waals surface area contributed by atoms with Crippen molar-refractivity contribution in [3.05, 3.63) is 11.4 Å². The SMILES string of the molecule is CCNc1nc(NC2CC3CCC2O3)c2ccsc2n1. The summed E-state index contributed by atoms with van der Waals surface area (Å²) >= 11 is 1.65. The summed E-state index contributed by atoms with van der Waals surface area (Å²) in [5, 5.41) is 9.97. The van der Waals surface area contributed by atoms with Crippen LogP contribution in [0.4, 0.5) is 11.8 Å². The molecule has 2 saturated heterocycles. The van der Waals surface area contributed by atoms with E-state index in [1.165, 1.54) is 12.8 Å². The molecule has 3 atom stereocenters. The first-order chi connectivity index (χ1) is 9.83. The second-order valence-electron chi connectivity index (χ2n) is 5.43. The van der Waals surface area contributed by atoms with E-state index in [1.807, 2.05) is 0 Å². The third-order valence-corrected chi connectivity index (χ3v) is 4.89. The van der Waals surface area contributed by atoms with E-state index in [1.54, 1.807) is 11.3 Å². The molecule has 0 aliphatic carbocycles. The van der Waals surface area contributed by atoms with Gasteiger partial charge in [-0.2, -0.15) is 4.98 Å². The molecule has 0 saturated carbocycles. The van der Waals surface area contributed by atoms with E-state index in [0.717, 1.165) is 29.0 Å². The molecule has 4 rings (SSSR count). The first-order valence-corrected chi connectivity index (χ1v) is 8.12. The summed E-state index contributed by atoms with van der Waals surface area (Å²) in [5.41, 5.74) is 0. The first kappa shape index (κ1) is 12.3. The van der Waals surface area contributed by atoms with Gasteiger partial charge in [-0.25, -0.2) is 4.98 Å². The van der Waals surface area contributed by atoms with Crippen molar-refractivity contribution in [1.82, 2.24) is 9.97 Å². The maximum Gasteiger partial charge on any atom is 0.226 e. The van der Waals surface area contributed by atoms with E-state index in [9.17, 15) is 0 Å². The minimum absolute atomic E-state index is 0.353. The topological polar surface area (TPSA) is 59.1 Å². The minimum Gasteiger partial charge on any atom is -0.373 e. The number of ether oxygens (including phenoxy) is 1. The van der Waals surface area contributed by atoms with Gasteiger partial charge >= 0.3 is 0 Å². The van der Waals surface area contributed by atoms with Gasteiger partial charge in [0, 0.05) is 6.54 Å². The fraction of sp³-hybridized carbons (Fsp3) is 0.571. The second-order valence-corrected chi connectivity index (χ2v) is 6.32. The monoisotopic (exact) mass is 290 g/mol. The smallest absolute Gasteiger partial charge is 0.226 e. The van der Waals surface area contributed by atoms with Crippen molar-refractivity contribution in [2.75, 3.05) is 17.2 Å². The molecule has 5 nitrogen and oxygen atoms in total. The molecule has 2 N–H and O–H groups in total. The highest BCUT2D eigenvalue weighted by molar-refractivity contribution is 7.16. The van der Waals surface area contributed by atoms with Crippen LogP contribution in [-0.4, -0.2) is 34.8 Å². The molecule has 4 heterocycles. The Morgan fingerprint density at radius 1 is 1.40 bits per heavy atom. The van der Waals surface area contributed by atoms with Crippen molar-refractivity contribution in [2.45, 2.75) is 44.4 Å². The highest BCUT2D eigenvalue weighted by Crippen LogP contribution is 2.37. The third-order valence-electron chi connectivity index (χ3n) is 4.09. The Balaban J connectivity index is 1.65. The van der Waals surface area contributed by atoms with Crippen molar-refractivity contribution in [3.8, 4) is 0 Å². The van der Waals surface area contributed by atoms with E-state index >= 15 is 0 Å². The van der Waals surface area contributed by atoms with E-state index in [-0.39, 0.29) is 0 Å². The van der Waals surface area contributed by atoms with Gasteiger partial charge in [0.1, 0.15) is 10.6 Å². The maximum atomic E-state index is 5.91. The number of hydrogen-bond acceptors (Lipinski definition) is 6. The number of thiophene rings is 1. The average Bonchev–Trinajstić information content (AvgIpc) is 3.14. The number of aromatic nitrogens is 2. The van der Waals surface area contributed by atoms with Crippen LogP contribution >= 0.6 is 11.3 Å². The lowest BCUT2D eigenvalue weighted by Crippen LogP contribution is -2.31. The van der Waals surface area contributed by atoms with Crippen LogP contribution in [0.3, 0.4) is 0 Å². The summed E-state index contributed by atoms with van der Waals surface area (Å²) in [6.45, 7) is 2.88. The zero-order valence-corrected chi connectivity index (χ0v) is 12.2. The Hall–Kier alpha value is -1.40. The fourth-order valence-electron chi connectivity index (χ4n) is 3.17. The molecule has 3 unspecified atom stereocenters. The summed E-state index contributed by atoms with van der Waals surface area (Å²) in [6.07, 6.45) is 4.28. The Bertz CT molecular complexity index is 629. The molecule has 20 heavy (non-hydrogen) atoms. The highest BCUT2D eigenvalue weighted by atomic mass is 32.1. The summed E-state index contributed by atoms with van der Waals surface area (Å²) in [7, 11) is 0. The Morgan fingerprint density at radius 2 is 2.35 bits per heavy atom. The van der Waals surface area contributed by atoms with Gasteiger partial charge in [0.15, 0.2) is 0 Å². The molecule has 2 aliphatic heterocycles. The fourth-order valence-corrected chi connectivity index (χ4v) is 3.93. The van der Waals surface area contributed by atoms with Crippen LogP contribution in [0, 0.1) is 0 Å². The van der Waals surface area contributed by atoms with Crippen molar-refractivity contribution in [3.63, 3.8) is 0 Å². The van der Waals surface area contributed by atoms with Crippen LogP contribution in [-0.2, 0) is 4.74 Å². The normalized spacial score (nSPS) is 28.1. The lowest BCUT2D eigenvalue weighted by atomic mass is 9.95. The molecule has 2 aromatic heterocycles. The lowest BCUT2D eigenvalue weighted by molar-refractivity contribution is 0.102. The molecular formula is C14H18N4OS. The predicted molar refractivity (Wildman–Crippen MR) is 81.5 cm³/mol. The van der Waals surface area contributed by atoms with E-state index < -0.39 is 0 Å². The molecule has 0 spiro atoms.